The number of aliphatic hydroxyl groups is 1. The smallest absolute Gasteiger partial charge is 0.329 e. The van der Waals surface area contributed by atoms with Crippen LogP contribution in [0.25, 0.3) is 33.3 Å². The van der Waals surface area contributed by atoms with Gasteiger partial charge in [0, 0.05) is 25.9 Å². The molecule has 0 aliphatic rings. The summed E-state index contributed by atoms with van der Waals surface area (Å²) in [6.45, 7) is 1.67. The number of aliphatic hydroxyl groups excluding tert-OH is 1. The van der Waals surface area contributed by atoms with Gasteiger partial charge in [-0.15, -0.1) is 0 Å². The van der Waals surface area contributed by atoms with E-state index in [4.69, 9.17) is 4.98 Å². The van der Waals surface area contributed by atoms with Gasteiger partial charge in [-0.1, -0.05) is 0 Å². The minimum absolute atomic E-state index is 0.134. The van der Waals surface area contributed by atoms with Crippen molar-refractivity contribution in [3.63, 3.8) is 0 Å². The molecule has 1 atom stereocenters. The molecule has 0 bridgehead atoms. The summed E-state index contributed by atoms with van der Waals surface area (Å²) in [7, 11) is 3.55. The Balaban J connectivity index is 2.11. The molecular formula is C17H18N6O2. The third-order valence-electron chi connectivity index (χ3n) is 4.47. The maximum atomic E-state index is 12.6. The van der Waals surface area contributed by atoms with Gasteiger partial charge in [-0.05, 0) is 19.1 Å². The minimum atomic E-state index is -0.356. The van der Waals surface area contributed by atoms with Crippen molar-refractivity contribution in [2.75, 3.05) is 6.61 Å². The number of fused-ring (bicyclic) bond motifs is 3. The third kappa shape index (κ3) is 2.25. The fourth-order valence-electron chi connectivity index (χ4n) is 3.09. The van der Waals surface area contributed by atoms with E-state index in [0.29, 0.717) is 22.1 Å². The number of imidazole rings is 1. The van der Waals surface area contributed by atoms with E-state index >= 15 is 0 Å². The molecule has 0 amide bonds. The Kier molecular flexibility index (Phi) is 3.43. The molecule has 0 aromatic carbocycles. The number of hydrogen-bond acceptors (Lipinski definition) is 5. The fourth-order valence-corrected chi connectivity index (χ4v) is 3.09. The highest BCUT2D eigenvalue weighted by Gasteiger charge is 2.19. The van der Waals surface area contributed by atoms with Gasteiger partial charge in [0.05, 0.1) is 47.3 Å². The largest absolute Gasteiger partial charge is 0.394 e. The molecule has 1 N–H and O–H groups in total. The van der Waals surface area contributed by atoms with Crippen LogP contribution in [0.3, 0.4) is 0 Å². The first-order valence-electron chi connectivity index (χ1n) is 7.98. The molecule has 0 radical (unpaired) electrons. The second kappa shape index (κ2) is 5.52. The zero-order valence-corrected chi connectivity index (χ0v) is 14.2. The van der Waals surface area contributed by atoms with Gasteiger partial charge in [-0.3, -0.25) is 18.8 Å². The van der Waals surface area contributed by atoms with Crippen LogP contribution in [0, 0.1) is 0 Å². The summed E-state index contributed by atoms with van der Waals surface area (Å²) in [5, 5.41) is 13.8. The maximum absolute atomic E-state index is 12.6. The van der Waals surface area contributed by atoms with Crippen molar-refractivity contribution in [3.8, 4) is 11.3 Å². The van der Waals surface area contributed by atoms with Crippen LogP contribution in [0.2, 0.25) is 0 Å². The standard InChI is InChI=1S/C17H18N6O2/c1-10(9-24)23-16-14(22(3)17(23)25)7-18-13-5-4-12(20-15(13)16)11-6-19-21(2)8-11/h4-8,10,24H,9H2,1-3H3/t10-/m0/s1. The summed E-state index contributed by atoms with van der Waals surface area (Å²) < 4.78 is 4.83. The van der Waals surface area contributed by atoms with Crippen LogP contribution in [-0.4, -0.2) is 40.6 Å². The van der Waals surface area contributed by atoms with Crippen LogP contribution in [-0.2, 0) is 14.1 Å². The minimum Gasteiger partial charge on any atom is -0.394 e. The molecule has 0 unspecified atom stereocenters. The Morgan fingerprint density at radius 2 is 2.04 bits per heavy atom. The monoisotopic (exact) mass is 338 g/mol. The lowest BCUT2D eigenvalue weighted by Gasteiger charge is -2.11. The lowest BCUT2D eigenvalue weighted by atomic mass is 10.2. The van der Waals surface area contributed by atoms with E-state index in [9.17, 15) is 9.90 Å². The van der Waals surface area contributed by atoms with E-state index in [0.717, 1.165) is 11.3 Å². The van der Waals surface area contributed by atoms with E-state index in [1.807, 2.05) is 25.4 Å². The van der Waals surface area contributed by atoms with Crippen LogP contribution in [0.4, 0.5) is 0 Å². The molecule has 0 saturated heterocycles. The van der Waals surface area contributed by atoms with Gasteiger partial charge < -0.3 is 5.11 Å². The second-order valence-electron chi connectivity index (χ2n) is 6.20. The Bertz CT molecular complexity index is 1150. The molecule has 25 heavy (non-hydrogen) atoms. The van der Waals surface area contributed by atoms with Gasteiger partial charge in [0.25, 0.3) is 0 Å². The molecule has 8 nitrogen and oxygen atoms in total. The SMILES string of the molecule is C[C@@H](CO)n1c(=O)n(C)c2cnc3ccc(-c4cnn(C)c4)nc3c21. The lowest BCUT2D eigenvalue weighted by Crippen LogP contribution is -2.26. The van der Waals surface area contributed by atoms with E-state index in [1.54, 1.807) is 35.6 Å². The van der Waals surface area contributed by atoms with Gasteiger partial charge in [0.1, 0.15) is 5.52 Å². The third-order valence-corrected chi connectivity index (χ3v) is 4.47. The average Bonchev–Trinajstić information content (AvgIpc) is 3.16. The fraction of sp³-hybridized carbons (Fsp3) is 0.294. The molecule has 0 aliphatic carbocycles. The molecule has 4 rings (SSSR count). The highest BCUT2D eigenvalue weighted by Crippen LogP contribution is 2.26. The summed E-state index contributed by atoms with van der Waals surface area (Å²) in [5.41, 5.74) is 4.16. The lowest BCUT2D eigenvalue weighted by molar-refractivity contribution is 0.238. The van der Waals surface area contributed by atoms with Crippen LogP contribution < -0.4 is 5.69 Å². The molecule has 4 aromatic rings. The number of aryl methyl sites for hydroxylation is 2. The normalized spacial score (nSPS) is 13.0. The van der Waals surface area contributed by atoms with E-state index in [-0.39, 0.29) is 18.3 Å². The second-order valence-corrected chi connectivity index (χ2v) is 6.20. The van der Waals surface area contributed by atoms with Crippen molar-refractivity contribution >= 4 is 22.1 Å². The molecule has 8 heteroatoms. The van der Waals surface area contributed by atoms with Crippen molar-refractivity contribution < 1.29 is 5.11 Å². The van der Waals surface area contributed by atoms with Crippen LogP contribution >= 0.6 is 0 Å². The van der Waals surface area contributed by atoms with Gasteiger partial charge in [0.15, 0.2) is 0 Å². The molecule has 0 saturated carbocycles. The van der Waals surface area contributed by atoms with Crippen molar-refractivity contribution in [2.24, 2.45) is 14.1 Å². The first-order chi connectivity index (χ1) is 12.0. The van der Waals surface area contributed by atoms with Crippen LogP contribution in [0.15, 0.2) is 35.5 Å². The molecule has 4 aromatic heterocycles. The summed E-state index contributed by atoms with van der Waals surface area (Å²) in [6, 6.07) is 3.42. The van der Waals surface area contributed by atoms with E-state index < -0.39 is 0 Å². The number of hydrogen-bond donors (Lipinski definition) is 1. The predicted molar refractivity (Wildman–Crippen MR) is 94.3 cm³/mol. The molecule has 0 spiro atoms. The Labute approximate surface area is 143 Å². The Morgan fingerprint density at radius 1 is 1.24 bits per heavy atom. The zero-order valence-electron chi connectivity index (χ0n) is 14.2. The van der Waals surface area contributed by atoms with Crippen molar-refractivity contribution in [1.82, 2.24) is 28.9 Å². The predicted octanol–water partition coefficient (Wildman–Crippen LogP) is 1.24. The molecular weight excluding hydrogens is 320 g/mol. The zero-order chi connectivity index (χ0) is 17.7. The molecule has 128 valence electrons. The number of nitrogens with zero attached hydrogens (tertiary/aromatic N) is 6. The average molecular weight is 338 g/mol. The molecule has 0 aliphatic heterocycles. The van der Waals surface area contributed by atoms with Crippen molar-refractivity contribution in [1.29, 1.82) is 0 Å². The first kappa shape index (κ1) is 15.5. The van der Waals surface area contributed by atoms with Crippen molar-refractivity contribution in [2.45, 2.75) is 13.0 Å². The summed E-state index contributed by atoms with van der Waals surface area (Å²) >= 11 is 0. The van der Waals surface area contributed by atoms with Gasteiger partial charge >= 0.3 is 5.69 Å². The van der Waals surface area contributed by atoms with Gasteiger partial charge in [-0.2, -0.15) is 5.10 Å². The van der Waals surface area contributed by atoms with Crippen LogP contribution in [0.1, 0.15) is 13.0 Å². The highest BCUT2D eigenvalue weighted by molar-refractivity contribution is 6.00. The number of rotatable bonds is 3. The van der Waals surface area contributed by atoms with Crippen molar-refractivity contribution in [3.05, 3.63) is 41.2 Å². The van der Waals surface area contributed by atoms with E-state index in [2.05, 4.69) is 10.1 Å². The molecule has 0 fully saturated rings. The highest BCUT2D eigenvalue weighted by atomic mass is 16.3. The van der Waals surface area contributed by atoms with Gasteiger partial charge in [0.2, 0.25) is 0 Å². The topological polar surface area (TPSA) is 90.8 Å². The maximum Gasteiger partial charge on any atom is 0.329 e. The van der Waals surface area contributed by atoms with E-state index in [1.165, 1.54) is 4.57 Å². The number of pyridine rings is 2. The quantitative estimate of drug-likeness (QED) is 0.607. The number of aromatic nitrogens is 6. The summed E-state index contributed by atoms with van der Waals surface area (Å²) in [6.07, 6.45) is 5.30. The van der Waals surface area contributed by atoms with Gasteiger partial charge in [-0.25, -0.2) is 9.78 Å². The van der Waals surface area contributed by atoms with Crippen LogP contribution in [0.5, 0.6) is 0 Å². The first-order valence-corrected chi connectivity index (χ1v) is 7.98. The Hall–Kier alpha value is -3.00. The Morgan fingerprint density at radius 3 is 2.72 bits per heavy atom. The molecule has 4 heterocycles. The summed E-state index contributed by atoms with van der Waals surface area (Å²) in [4.78, 5) is 21.8. The summed E-state index contributed by atoms with van der Waals surface area (Å²) in [5.74, 6) is 0.